The van der Waals surface area contributed by atoms with Crippen LogP contribution >= 0.6 is 0 Å². The van der Waals surface area contributed by atoms with Gasteiger partial charge in [-0.05, 0) is 12.1 Å². The summed E-state index contributed by atoms with van der Waals surface area (Å²) >= 11 is 0. The Balaban J connectivity index is 2.66. The molecular formula is C10H13FN2O. The second-order valence-corrected chi connectivity index (χ2v) is 3.05. The molecule has 3 nitrogen and oxygen atoms in total. The minimum atomic E-state index is -0.277. The van der Waals surface area contributed by atoms with Gasteiger partial charge < -0.3 is 4.90 Å². The lowest BCUT2D eigenvalue weighted by molar-refractivity contribution is -0.122. The molecule has 1 aromatic carbocycles. The summed E-state index contributed by atoms with van der Waals surface area (Å²) in [4.78, 5) is 12.8. The largest absolute Gasteiger partial charge is 0.314 e. The maximum absolute atomic E-state index is 12.4. The third kappa shape index (κ3) is 2.81. The van der Waals surface area contributed by atoms with Crippen LogP contribution in [0, 0.1) is 0 Å². The minimum absolute atomic E-state index is 0.231. The molecule has 0 aliphatic heterocycles. The maximum Gasteiger partial charge on any atom is 0.243 e. The molecule has 0 bridgehead atoms. The Hall–Kier alpha value is -1.42. The van der Waals surface area contributed by atoms with Crippen molar-refractivity contribution in [1.82, 2.24) is 5.12 Å². The Kier molecular flexibility index (Phi) is 3.59. The van der Waals surface area contributed by atoms with Crippen molar-refractivity contribution in [3.8, 4) is 0 Å². The second kappa shape index (κ2) is 4.72. The Morgan fingerprint density at radius 1 is 1.29 bits per heavy atom. The Morgan fingerprint density at radius 3 is 2.36 bits per heavy atom. The number of carbonyl (C=O) groups excluding carboxylic acids is 1. The van der Waals surface area contributed by atoms with Gasteiger partial charge in [0.2, 0.25) is 5.91 Å². The van der Waals surface area contributed by atoms with E-state index in [0.717, 1.165) is 5.69 Å². The first-order valence-corrected chi connectivity index (χ1v) is 4.30. The molecule has 0 heterocycles. The molecule has 0 saturated carbocycles. The zero-order valence-corrected chi connectivity index (χ0v) is 8.27. The summed E-state index contributed by atoms with van der Waals surface area (Å²) in [5, 5.41) is 0.363. The number of hydrogen-bond acceptors (Lipinski definition) is 2. The van der Waals surface area contributed by atoms with Crippen LogP contribution in [0.3, 0.4) is 0 Å². The van der Waals surface area contributed by atoms with Crippen molar-refractivity contribution in [3.63, 3.8) is 0 Å². The molecule has 0 fully saturated rings. The number of halogens is 1. The van der Waals surface area contributed by atoms with Gasteiger partial charge in [-0.15, -0.1) is 9.60 Å². The Bertz CT molecular complexity index is 300. The van der Waals surface area contributed by atoms with E-state index in [4.69, 9.17) is 0 Å². The molecule has 0 N–H and O–H groups in total. The van der Waals surface area contributed by atoms with Crippen LogP contribution in [0.2, 0.25) is 0 Å². The number of carbonyl (C=O) groups is 1. The van der Waals surface area contributed by atoms with Crippen LogP contribution in [0.25, 0.3) is 0 Å². The van der Waals surface area contributed by atoms with Crippen molar-refractivity contribution >= 4 is 11.6 Å². The van der Waals surface area contributed by atoms with E-state index in [9.17, 15) is 9.28 Å². The standard InChI is InChI=1S/C10H13FN2O/c1-12(11)8-10(14)13(2)9-6-4-3-5-7-9/h3-7H,8H2,1-2H3. The predicted molar refractivity (Wildman–Crippen MR) is 53.6 cm³/mol. The summed E-state index contributed by atoms with van der Waals surface area (Å²) in [5.41, 5.74) is 0.763. The molecule has 1 aromatic rings. The van der Waals surface area contributed by atoms with Gasteiger partial charge in [0.05, 0.1) is 0 Å². The lowest BCUT2D eigenvalue weighted by Crippen LogP contribution is -2.33. The summed E-state index contributed by atoms with van der Waals surface area (Å²) in [6, 6.07) is 9.13. The molecular weight excluding hydrogens is 183 g/mol. The Labute approximate surface area is 82.7 Å². The highest BCUT2D eigenvalue weighted by molar-refractivity contribution is 5.94. The number of anilines is 1. The van der Waals surface area contributed by atoms with Gasteiger partial charge in [-0.25, -0.2) is 0 Å². The zero-order valence-electron chi connectivity index (χ0n) is 8.27. The highest BCUT2D eigenvalue weighted by Crippen LogP contribution is 2.10. The quantitative estimate of drug-likeness (QED) is 0.683. The van der Waals surface area contributed by atoms with E-state index in [1.807, 2.05) is 18.2 Å². The molecule has 14 heavy (non-hydrogen) atoms. The van der Waals surface area contributed by atoms with Crippen molar-refractivity contribution in [3.05, 3.63) is 30.3 Å². The van der Waals surface area contributed by atoms with Crippen molar-refractivity contribution in [2.75, 3.05) is 25.5 Å². The number of likely N-dealkylation sites (N-methyl/N-ethyl adjacent to an activating group) is 2. The molecule has 0 saturated heterocycles. The Morgan fingerprint density at radius 2 is 1.86 bits per heavy atom. The number of hydrogen-bond donors (Lipinski definition) is 0. The van der Waals surface area contributed by atoms with Gasteiger partial charge in [0.25, 0.3) is 0 Å². The summed E-state index contributed by atoms with van der Waals surface area (Å²) in [6.07, 6.45) is 0. The molecule has 0 unspecified atom stereocenters. The van der Waals surface area contributed by atoms with Crippen LogP contribution < -0.4 is 4.90 Å². The molecule has 0 aromatic heterocycles. The molecule has 1 amide bonds. The zero-order chi connectivity index (χ0) is 10.6. The molecule has 4 heteroatoms. The number of rotatable bonds is 3. The van der Waals surface area contributed by atoms with Gasteiger partial charge in [-0.3, -0.25) is 4.79 Å². The lowest BCUT2D eigenvalue weighted by Gasteiger charge is -2.17. The van der Waals surface area contributed by atoms with E-state index in [1.54, 1.807) is 19.2 Å². The van der Waals surface area contributed by atoms with Crippen molar-refractivity contribution in [2.24, 2.45) is 0 Å². The molecule has 0 spiro atoms. The number of benzene rings is 1. The number of amides is 1. The number of para-hydroxylation sites is 1. The second-order valence-electron chi connectivity index (χ2n) is 3.05. The normalized spacial score (nSPS) is 10.3. The van der Waals surface area contributed by atoms with Gasteiger partial charge in [0.15, 0.2) is 0 Å². The number of nitrogens with zero attached hydrogens (tertiary/aromatic N) is 2. The maximum atomic E-state index is 12.4. The van der Waals surface area contributed by atoms with Crippen molar-refractivity contribution in [2.45, 2.75) is 0 Å². The van der Waals surface area contributed by atoms with Gasteiger partial charge in [0.1, 0.15) is 6.54 Å². The molecule has 0 atom stereocenters. The fourth-order valence-corrected chi connectivity index (χ4v) is 1.09. The van der Waals surface area contributed by atoms with E-state index in [-0.39, 0.29) is 12.5 Å². The molecule has 0 radical (unpaired) electrons. The highest BCUT2D eigenvalue weighted by atomic mass is 19.2. The fourth-order valence-electron chi connectivity index (χ4n) is 1.09. The van der Waals surface area contributed by atoms with Crippen LogP contribution in [0.1, 0.15) is 0 Å². The third-order valence-electron chi connectivity index (χ3n) is 1.87. The van der Waals surface area contributed by atoms with Crippen LogP contribution in [-0.4, -0.2) is 31.7 Å². The van der Waals surface area contributed by atoms with E-state index in [0.29, 0.717) is 5.12 Å². The summed E-state index contributed by atoms with van der Waals surface area (Å²) < 4.78 is 12.4. The summed E-state index contributed by atoms with van der Waals surface area (Å²) in [7, 11) is 2.85. The smallest absolute Gasteiger partial charge is 0.243 e. The first-order chi connectivity index (χ1) is 6.61. The average molecular weight is 196 g/mol. The van der Waals surface area contributed by atoms with E-state index in [2.05, 4.69) is 0 Å². The average Bonchev–Trinajstić information content (AvgIpc) is 2.17. The molecule has 0 aliphatic rings. The molecule has 1 rings (SSSR count). The SMILES string of the molecule is CN(F)CC(=O)N(C)c1ccccc1. The first-order valence-electron chi connectivity index (χ1n) is 4.30. The van der Waals surface area contributed by atoms with E-state index < -0.39 is 0 Å². The van der Waals surface area contributed by atoms with Crippen LogP contribution in [0.4, 0.5) is 10.2 Å². The molecule has 76 valence electrons. The van der Waals surface area contributed by atoms with Gasteiger partial charge in [-0.2, -0.15) is 0 Å². The van der Waals surface area contributed by atoms with Crippen molar-refractivity contribution in [1.29, 1.82) is 0 Å². The first kappa shape index (κ1) is 10.7. The van der Waals surface area contributed by atoms with Gasteiger partial charge in [0, 0.05) is 19.8 Å². The third-order valence-corrected chi connectivity index (χ3v) is 1.87. The monoisotopic (exact) mass is 196 g/mol. The van der Waals surface area contributed by atoms with E-state index >= 15 is 0 Å². The fraction of sp³-hybridized carbons (Fsp3) is 0.300. The van der Waals surface area contributed by atoms with Crippen LogP contribution in [0.15, 0.2) is 30.3 Å². The van der Waals surface area contributed by atoms with Crippen LogP contribution in [-0.2, 0) is 4.79 Å². The summed E-state index contributed by atoms with van der Waals surface area (Å²) in [5.74, 6) is -0.277. The van der Waals surface area contributed by atoms with E-state index in [1.165, 1.54) is 11.9 Å². The minimum Gasteiger partial charge on any atom is -0.314 e. The van der Waals surface area contributed by atoms with Gasteiger partial charge >= 0.3 is 0 Å². The topological polar surface area (TPSA) is 23.6 Å². The summed E-state index contributed by atoms with van der Waals surface area (Å²) in [6.45, 7) is -0.231. The lowest BCUT2D eigenvalue weighted by atomic mass is 10.3. The van der Waals surface area contributed by atoms with Crippen LogP contribution in [0.5, 0.6) is 0 Å². The highest BCUT2D eigenvalue weighted by Gasteiger charge is 2.12. The molecule has 0 aliphatic carbocycles. The predicted octanol–water partition coefficient (Wildman–Crippen LogP) is 1.47. The van der Waals surface area contributed by atoms with Crippen molar-refractivity contribution < 1.29 is 9.28 Å². The van der Waals surface area contributed by atoms with Gasteiger partial charge in [-0.1, -0.05) is 18.2 Å².